The summed E-state index contributed by atoms with van der Waals surface area (Å²) in [6.07, 6.45) is 0. The molecule has 3 N–H and O–H groups in total. The molecule has 102 valence electrons. The van der Waals surface area contributed by atoms with E-state index in [-0.39, 0.29) is 12.4 Å². The van der Waals surface area contributed by atoms with Gasteiger partial charge in [-0.2, -0.15) is 0 Å². The van der Waals surface area contributed by atoms with E-state index < -0.39 is 5.91 Å². The first-order valence-corrected chi connectivity index (χ1v) is 6.23. The second-order valence-corrected chi connectivity index (χ2v) is 4.97. The second kappa shape index (κ2) is 4.73. The van der Waals surface area contributed by atoms with Crippen LogP contribution in [0.3, 0.4) is 0 Å². The monoisotopic (exact) mass is 292 g/mol. The molecule has 0 saturated carbocycles. The number of nitrogens with one attached hydrogen (secondary N) is 1. The van der Waals surface area contributed by atoms with E-state index in [9.17, 15) is 4.79 Å². The number of hydrogen-bond donors (Lipinski definition) is 2. The average Bonchev–Trinajstić information content (AvgIpc) is 3.06. The van der Waals surface area contributed by atoms with Crippen LogP contribution in [-0.4, -0.2) is 51.7 Å². The van der Waals surface area contributed by atoms with Gasteiger partial charge in [0.25, 0.3) is 0 Å². The van der Waals surface area contributed by atoms with Crippen LogP contribution in [0.4, 0.5) is 0 Å². The van der Waals surface area contributed by atoms with Crippen LogP contribution in [0.2, 0.25) is 0 Å². The summed E-state index contributed by atoms with van der Waals surface area (Å²) < 4.78 is 1.25. The van der Waals surface area contributed by atoms with Crippen LogP contribution >= 0.6 is 11.3 Å². The van der Waals surface area contributed by atoms with Crippen molar-refractivity contribution in [2.75, 3.05) is 0 Å². The maximum atomic E-state index is 11.0. The summed E-state index contributed by atoms with van der Waals surface area (Å²) in [5.74, 6) is -0.282. The molecular formula is C8H8N10OS. The minimum atomic E-state index is -0.560. The minimum absolute atomic E-state index is 0.149. The molecule has 3 aromatic rings. The first-order valence-electron chi connectivity index (χ1n) is 5.41. The zero-order valence-corrected chi connectivity index (χ0v) is 11.0. The summed E-state index contributed by atoms with van der Waals surface area (Å²) in [7, 11) is 0. The van der Waals surface area contributed by atoms with E-state index in [0.29, 0.717) is 16.4 Å². The molecule has 3 rings (SSSR count). The normalized spacial score (nSPS) is 10.8. The van der Waals surface area contributed by atoms with E-state index >= 15 is 0 Å². The van der Waals surface area contributed by atoms with Crippen LogP contribution in [0.25, 0.3) is 22.2 Å². The summed E-state index contributed by atoms with van der Waals surface area (Å²) in [6.45, 7) is 1.69. The number of amides is 1. The number of aryl methyl sites for hydroxylation is 1. The quantitative estimate of drug-likeness (QED) is 0.605. The highest BCUT2D eigenvalue weighted by atomic mass is 32.1. The maximum absolute atomic E-state index is 11.0. The van der Waals surface area contributed by atoms with Gasteiger partial charge in [-0.25, -0.2) is 4.68 Å². The van der Waals surface area contributed by atoms with Crippen molar-refractivity contribution in [3.05, 3.63) is 5.01 Å². The Morgan fingerprint density at radius 2 is 2.20 bits per heavy atom. The molecule has 0 radical (unpaired) electrons. The first kappa shape index (κ1) is 12.3. The van der Waals surface area contributed by atoms with Crippen LogP contribution < -0.4 is 5.73 Å². The van der Waals surface area contributed by atoms with Gasteiger partial charge >= 0.3 is 0 Å². The van der Waals surface area contributed by atoms with Gasteiger partial charge < -0.3 is 5.73 Å². The van der Waals surface area contributed by atoms with Crippen molar-refractivity contribution in [2.45, 2.75) is 13.5 Å². The van der Waals surface area contributed by atoms with Crippen molar-refractivity contribution in [1.82, 2.24) is 45.8 Å². The Morgan fingerprint density at radius 3 is 2.90 bits per heavy atom. The molecule has 0 aromatic carbocycles. The number of carbonyl (C=O) groups is 1. The molecule has 0 aliphatic heterocycles. The Bertz CT molecular complexity index is 757. The Morgan fingerprint density at radius 1 is 1.35 bits per heavy atom. The Hall–Kier alpha value is -2.76. The second-order valence-electron chi connectivity index (χ2n) is 3.79. The molecule has 1 amide bonds. The average molecular weight is 292 g/mol. The van der Waals surface area contributed by atoms with Gasteiger partial charge in [-0.15, -0.1) is 20.4 Å². The molecule has 0 aliphatic carbocycles. The summed E-state index contributed by atoms with van der Waals surface area (Å²) in [5, 5.41) is 30.8. The van der Waals surface area contributed by atoms with Crippen molar-refractivity contribution in [3.8, 4) is 22.2 Å². The molecule has 0 atom stereocenters. The van der Waals surface area contributed by atoms with E-state index in [4.69, 9.17) is 5.73 Å². The molecule has 0 spiro atoms. The third-order valence-corrected chi connectivity index (χ3v) is 3.19. The lowest BCUT2D eigenvalue weighted by Gasteiger charge is -1.99. The third-order valence-electron chi connectivity index (χ3n) is 2.34. The number of nitrogens with zero attached hydrogens (tertiary/aromatic N) is 8. The van der Waals surface area contributed by atoms with E-state index in [1.807, 2.05) is 6.92 Å². The highest BCUT2D eigenvalue weighted by molar-refractivity contribution is 7.14. The molecule has 20 heavy (non-hydrogen) atoms. The largest absolute Gasteiger partial charge is 0.368 e. The Balaban J connectivity index is 2.06. The predicted molar refractivity (Wildman–Crippen MR) is 66.0 cm³/mol. The van der Waals surface area contributed by atoms with E-state index in [0.717, 1.165) is 5.01 Å². The van der Waals surface area contributed by atoms with Crippen molar-refractivity contribution < 1.29 is 4.79 Å². The van der Waals surface area contributed by atoms with Crippen molar-refractivity contribution in [2.24, 2.45) is 5.73 Å². The number of tetrazole rings is 1. The predicted octanol–water partition coefficient (Wildman–Crippen LogP) is -1.23. The van der Waals surface area contributed by atoms with E-state index in [1.54, 1.807) is 0 Å². The van der Waals surface area contributed by atoms with Gasteiger partial charge in [0.15, 0.2) is 10.7 Å². The van der Waals surface area contributed by atoms with Gasteiger partial charge in [0.1, 0.15) is 17.2 Å². The smallest absolute Gasteiger partial charge is 0.239 e. The summed E-state index contributed by atoms with van der Waals surface area (Å²) in [5.41, 5.74) is 6.06. The number of aromatic amines is 1. The highest BCUT2D eigenvalue weighted by Gasteiger charge is 2.21. The Labute approximate surface area is 115 Å². The maximum Gasteiger partial charge on any atom is 0.239 e. The van der Waals surface area contributed by atoms with Gasteiger partial charge in [0.2, 0.25) is 11.7 Å². The molecule has 0 saturated heterocycles. The number of aromatic nitrogens is 9. The number of primary amides is 1. The number of H-pyrrole nitrogens is 1. The number of nitrogens with two attached hydrogens (primary N) is 1. The molecule has 0 aliphatic rings. The molecular weight excluding hydrogens is 284 g/mol. The Kier molecular flexibility index (Phi) is 2.90. The zero-order chi connectivity index (χ0) is 14.1. The first-order chi connectivity index (χ1) is 9.65. The van der Waals surface area contributed by atoms with Gasteiger partial charge in [0, 0.05) is 0 Å². The van der Waals surface area contributed by atoms with Crippen LogP contribution in [0, 0.1) is 6.92 Å². The fraction of sp³-hybridized carbons (Fsp3) is 0.250. The number of hydrogen-bond acceptors (Lipinski definition) is 9. The van der Waals surface area contributed by atoms with Crippen LogP contribution in [0.5, 0.6) is 0 Å². The van der Waals surface area contributed by atoms with Gasteiger partial charge in [-0.1, -0.05) is 16.6 Å². The van der Waals surface area contributed by atoms with Gasteiger partial charge in [0.05, 0.1) is 0 Å². The molecule has 0 bridgehead atoms. The van der Waals surface area contributed by atoms with Gasteiger partial charge in [-0.05, 0) is 17.4 Å². The van der Waals surface area contributed by atoms with Crippen LogP contribution in [0.15, 0.2) is 0 Å². The van der Waals surface area contributed by atoms with E-state index in [1.165, 1.54) is 16.0 Å². The number of rotatable bonds is 4. The fourth-order valence-corrected chi connectivity index (χ4v) is 2.25. The fourth-order valence-electron chi connectivity index (χ4n) is 1.56. The molecule has 12 heteroatoms. The molecule has 0 fully saturated rings. The van der Waals surface area contributed by atoms with Crippen LogP contribution in [-0.2, 0) is 11.3 Å². The van der Waals surface area contributed by atoms with Crippen molar-refractivity contribution in [3.63, 3.8) is 0 Å². The minimum Gasteiger partial charge on any atom is -0.368 e. The van der Waals surface area contributed by atoms with Crippen molar-refractivity contribution >= 4 is 17.2 Å². The van der Waals surface area contributed by atoms with Gasteiger partial charge in [-0.3, -0.25) is 9.89 Å². The highest BCUT2D eigenvalue weighted by Crippen LogP contribution is 2.28. The molecule has 0 unspecified atom stereocenters. The number of carbonyl (C=O) groups excluding carboxylic acids is 1. The molecule has 3 heterocycles. The SMILES string of the molecule is Cc1nnc(-c2[nH]nnc2-c2nnnn2CC(N)=O)s1. The summed E-state index contributed by atoms with van der Waals surface area (Å²) in [4.78, 5) is 11.0. The van der Waals surface area contributed by atoms with Crippen LogP contribution in [0.1, 0.15) is 5.01 Å². The molecule has 11 nitrogen and oxygen atoms in total. The topological polar surface area (TPSA) is 154 Å². The lowest BCUT2D eigenvalue weighted by molar-refractivity contribution is -0.118. The lowest BCUT2D eigenvalue weighted by atomic mass is 10.3. The standard InChI is InChI=1S/C8H8N10OS/c1-3-10-14-8(20-3)6-5(11-15-12-6)7-13-16-17-18(7)2-4(9)19/h2H2,1H3,(H2,9,19)(H,11,12,15). The lowest BCUT2D eigenvalue weighted by Crippen LogP contribution is -2.20. The summed E-state index contributed by atoms with van der Waals surface area (Å²) in [6, 6.07) is 0. The summed E-state index contributed by atoms with van der Waals surface area (Å²) >= 11 is 1.37. The van der Waals surface area contributed by atoms with E-state index in [2.05, 4.69) is 41.1 Å². The molecule has 3 aromatic heterocycles. The third kappa shape index (κ3) is 2.11. The van der Waals surface area contributed by atoms with Crippen molar-refractivity contribution in [1.29, 1.82) is 0 Å². The zero-order valence-electron chi connectivity index (χ0n) is 10.2.